The summed E-state index contributed by atoms with van der Waals surface area (Å²) in [6.07, 6.45) is 1.77. The maximum absolute atomic E-state index is 4.34. The third kappa shape index (κ3) is 1.93. The van der Waals surface area contributed by atoms with E-state index in [0.29, 0.717) is 0 Å². The second-order valence-electron chi connectivity index (χ2n) is 3.04. The molecule has 0 radical (unpaired) electrons. The van der Waals surface area contributed by atoms with Gasteiger partial charge in [-0.3, -0.25) is 0 Å². The van der Waals surface area contributed by atoms with Crippen LogP contribution in [0.4, 0.5) is 0 Å². The Morgan fingerprint density at radius 2 is 2.07 bits per heavy atom. The van der Waals surface area contributed by atoms with Crippen LogP contribution in [-0.2, 0) is 0 Å². The largest absolute Gasteiger partial charge is 0.242 e. The third-order valence-corrected chi connectivity index (χ3v) is 2.20. The van der Waals surface area contributed by atoms with Crippen LogP contribution in [0.3, 0.4) is 0 Å². The molecule has 0 saturated carbocycles. The summed E-state index contributed by atoms with van der Waals surface area (Å²) in [5.74, 6) is 0.784. The van der Waals surface area contributed by atoms with Crippen molar-refractivity contribution in [1.29, 1.82) is 0 Å². The molecule has 0 aliphatic rings. The van der Waals surface area contributed by atoms with E-state index in [9.17, 15) is 0 Å². The van der Waals surface area contributed by atoms with Gasteiger partial charge in [0.15, 0.2) is 0 Å². The van der Waals surface area contributed by atoms with Crippen molar-refractivity contribution in [3.8, 4) is 11.3 Å². The summed E-state index contributed by atoms with van der Waals surface area (Å²) in [5.41, 5.74) is 2.01. The van der Waals surface area contributed by atoms with E-state index in [-0.39, 0.29) is 0 Å². The molecule has 0 N–H and O–H groups in total. The topological polar surface area (TPSA) is 25.8 Å². The molecule has 2 aromatic rings. The lowest BCUT2D eigenvalue weighted by Gasteiger charge is -2.01. The van der Waals surface area contributed by atoms with Crippen LogP contribution in [0.2, 0.25) is 0 Å². The van der Waals surface area contributed by atoms with Crippen LogP contribution >= 0.6 is 12.6 Å². The first-order chi connectivity index (χ1) is 6.75. The number of nitrogens with zero attached hydrogens (tertiary/aromatic N) is 2. The first-order valence-electron chi connectivity index (χ1n) is 4.35. The van der Waals surface area contributed by atoms with Crippen LogP contribution in [0, 0.1) is 6.92 Å². The molecule has 0 saturated heterocycles. The molecule has 1 heterocycles. The van der Waals surface area contributed by atoms with Gasteiger partial charge in [0.25, 0.3) is 0 Å². The first-order valence-corrected chi connectivity index (χ1v) is 4.79. The molecular weight excluding hydrogens is 192 g/mol. The number of hydrogen-bond acceptors (Lipinski definition) is 3. The van der Waals surface area contributed by atoms with Crippen LogP contribution < -0.4 is 0 Å². The van der Waals surface area contributed by atoms with Gasteiger partial charge in [-0.25, -0.2) is 9.97 Å². The number of rotatable bonds is 1. The van der Waals surface area contributed by atoms with Crippen molar-refractivity contribution in [1.82, 2.24) is 9.97 Å². The lowest BCUT2D eigenvalue weighted by Crippen LogP contribution is -1.89. The van der Waals surface area contributed by atoms with E-state index in [2.05, 4.69) is 22.6 Å². The highest BCUT2D eigenvalue weighted by molar-refractivity contribution is 7.80. The quantitative estimate of drug-likeness (QED) is 0.719. The lowest BCUT2D eigenvalue weighted by atomic mass is 10.1. The van der Waals surface area contributed by atoms with E-state index in [0.717, 1.165) is 22.0 Å². The molecule has 70 valence electrons. The monoisotopic (exact) mass is 202 g/mol. The summed E-state index contributed by atoms with van der Waals surface area (Å²) in [5, 5.41) is 0. The second kappa shape index (κ2) is 3.80. The minimum absolute atomic E-state index is 0.784. The normalized spacial score (nSPS) is 10.1. The van der Waals surface area contributed by atoms with Gasteiger partial charge in [-0.1, -0.05) is 12.1 Å². The fourth-order valence-electron chi connectivity index (χ4n) is 1.28. The Balaban J connectivity index is 2.49. The predicted octanol–water partition coefficient (Wildman–Crippen LogP) is 2.74. The highest BCUT2D eigenvalue weighted by Gasteiger charge is 1.99. The third-order valence-electron chi connectivity index (χ3n) is 1.92. The highest BCUT2D eigenvalue weighted by Crippen LogP contribution is 2.19. The fraction of sp³-hybridized carbons (Fsp3) is 0.0909. The number of thiol groups is 1. The van der Waals surface area contributed by atoms with Gasteiger partial charge >= 0.3 is 0 Å². The Hall–Kier alpha value is -1.35. The molecule has 0 spiro atoms. The molecule has 0 bridgehead atoms. The Kier molecular flexibility index (Phi) is 2.50. The zero-order valence-electron chi connectivity index (χ0n) is 7.81. The van der Waals surface area contributed by atoms with E-state index < -0.39 is 0 Å². The van der Waals surface area contributed by atoms with Gasteiger partial charge in [0, 0.05) is 16.7 Å². The molecule has 0 fully saturated rings. The number of aromatic nitrogens is 2. The van der Waals surface area contributed by atoms with Crippen molar-refractivity contribution in [3.05, 3.63) is 42.4 Å². The smallest absolute Gasteiger partial charge is 0.125 e. The maximum atomic E-state index is 4.34. The summed E-state index contributed by atoms with van der Waals surface area (Å²) in [6, 6.07) is 9.82. The molecule has 2 nitrogen and oxygen atoms in total. The summed E-state index contributed by atoms with van der Waals surface area (Å²) >= 11 is 4.29. The highest BCUT2D eigenvalue weighted by atomic mass is 32.1. The van der Waals surface area contributed by atoms with Crippen molar-refractivity contribution in [3.63, 3.8) is 0 Å². The minimum atomic E-state index is 0.784. The average Bonchev–Trinajstić information content (AvgIpc) is 2.18. The van der Waals surface area contributed by atoms with Crippen molar-refractivity contribution in [2.45, 2.75) is 11.8 Å². The van der Waals surface area contributed by atoms with Gasteiger partial charge in [0.1, 0.15) is 5.82 Å². The molecule has 0 atom stereocenters. The molecule has 0 amide bonds. The van der Waals surface area contributed by atoms with Gasteiger partial charge in [0.2, 0.25) is 0 Å². The maximum Gasteiger partial charge on any atom is 0.125 e. The molecule has 2 rings (SSSR count). The Bertz CT molecular complexity index is 411. The first kappa shape index (κ1) is 9.21. The fourth-order valence-corrected chi connectivity index (χ4v) is 1.51. The molecule has 1 aromatic carbocycles. The molecular formula is C11H10N2S. The summed E-state index contributed by atoms with van der Waals surface area (Å²) in [4.78, 5) is 9.34. The zero-order chi connectivity index (χ0) is 9.97. The summed E-state index contributed by atoms with van der Waals surface area (Å²) < 4.78 is 0. The number of hydrogen-bond donors (Lipinski definition) is 1. The molecule has 0 unspecified atom stereocenters. The predicted molar refractivity (Wildman–Crippen MR) is 59.5 cm³/mol. The standard InChI is InChI=1S/C11H10N2S/c1-8-12-6-5-11(13-8)9-3-2-4-10(14)7-9/h2-7,14H,1H3. The lowest BCUT2D eigenvalue weighted by molar-refractivity contribution is 1.06. The number of aryl methyl sites for hydroxylation is 1. The average molecular weight is 202 g/mol. The van der Waals surface area contributed by atoms with E-state index >= 15 is 0 Å². The molecule has 14 heavy (non-hydrogen) atoms. The molecule has 0 aliphatic heterocycles. The van der Waals surface area contributed by atoms with Gasteiger partial charge in [-0.15, -0.1) is 12.6 Å². The van der Waals surface area contributed by atoms with Crippen molar-refractivity contribution in [2.75, 3.05) is 0 Å². The van der Waals surface area contributed by atoms with Crippen molar-refractivity contribution in [2.24, 2.45) is 0 Å². The van der Waals surface area contributed by atoms with Gasteiger partial charge < -0.3 is 0 Å². The van der Waals surface area contributed by atoms with Gasteiger partial charge in [0.05, 0.1) is 5.69 Å². The van der Waals surface area contributed by atoms with E-state index in [1.54, 1.807) is 6.20 Å². The van der Waals surface area contributed by atoms with Crippen LogP contribution in [0.15, 0.2) is 41.4 Å². The van der Waals surface area contributed by atoms with Crippen LogP contribution in [-0.4, -0.2) is 9.97 Å². The zero-order valence-corrected chi connectivity index (χ0v) is 8.70. The van der Waals surface area contributed by atoms with E-state index in [1.807, 2.05) is 37.3 Å². The van der Waals surface area contributed by atoms with E-state index in [4.69, 9.17) is 0 Å². The SMILES string of the molecule is Cc1nccc(-c2cccc(S)c2)n1. The minimum Gasteiger partial charge on any atom is -0.242 e. The van der Waals surface area contributed by atoms with Crippen molar-refractivity contribution < 1.29 is 0 Å². The summed E-state index contributed by atoms with van der Waals surface area (Å²) in [7, 11) is 0. The molecule has 3 heteroatoms. The summed E-state index contributed by atoms with van der Waals surface area (Å²) in [6.45, 7) is 1.88. The second-order valence-corrected chi connectivity index (χ2v) is 3.56. The van der Waals surface area contributed by atoms with E-state index in [1.165, 1.54) is 0 Å². The Morgan fingerprint density at radius 1 is 1.21 bits per heavy atom. The van der Waals surface area contributed by atoms with Crippen LogP contribution in [0.5, 0.6) is 0 Å². The Labute approximate surface area is 88.4 Å². The van der Waals surface area contributed by atoms with Crippen LogP contribution in [0.1, 0.15) is 5.82 Å². The molecule has 0 aliphatic carbocycles. The van der Waals surface area contributed by atoms with Crippen molar-refractivity contribution >= 4 is 12.6 Å². The van der Waals surface area contributed by atoms with Gasteiger partial charge in [-0.2, -0.15) is 0 Å². The van der Waals surface area contributed by atoms with Crippen LogP contribution in [0.25, 0.3) is 11.3 Å². The number of benzene rings is 1. The van der Waals surface area contributed by atoms with Gasteiger partial charge in [-0.05, 0) is 25.1 Å². The molecule has 1 aromatic heterocycles. The Morgan fingerprint density at radius 3 is 2.79 bits per heavy atom.